The van der Waals surface area contributed by atoms with Crippen LogP contribution in [-0.4, -0.2) is 59.9 Å². The predicted molar refractivity (Wildman–Crippen MR) is 118 cm³/mol. The summed E-state index contributed by atoms with van der Waals surface area (Å²) < 4.78 is 28.0. The lowest BCUT2D eigenvalue weighted by Crippen LogP contribution is -2.61. The van der Waals surface area contributed by atoms with E-state index in [0.717, 1.165) is 0 Å². The summed E-state index contributed by atoms with van der Waals surface area (Å²) in [5.74, 6) is -3.90. The zero-order valence-corrected chi connectivity index (χ0v) is 21.5. The first kappa shape index (κ1) is 28.4. The van der Waals surface area contributed by atoms with Crippen molar-refractivity contribution in [3.8, 4) is 0 Å². The lowest BCUT2D eigenvalue weighted by atomic mass is 9.98. The van der Waals surface area contributed by atoms with Crippen LogP contribution in [0.3, 0.4) is 0 Å². The fourth-order valence-corrected chi connectivity index (χ4v) is 3.23. The van der Waals surface area contributed by atoms with Gasteiger partial charge in [-0.25, -0.2) is 0 Å². The molecule has 184 valence electrons. The van der Waals surface area contributed by atoms with Gasteiger partial charge in [0.1, 0.15) is 12.7 Å². The van der Waals surface area contributed by atoms with Gasteiger partial charge >= 0.3 is 23.9 Å². The van der Waals surface area contributed by atoms with Gasteiger partial charge in [-0.05, 0) is 0 Å². The van der Waals surface area contributed by atoms with E-state index in [1.165, 1.54) is 0 Å². The van der Waals surface area contributed by atoms with Gasteiger partial charge in [-0.1, -0.05) is 71.3 Å². The summed E-state index contributed by atoms with van der Waals surface area (Å²) in [6, 6.07) is 0. The third-order valence-electron chi connectivity index (χ3n) is 4.61. The second kappa shape index (κ2) is 12.5. The Kier molecular flexibility index (Phi) is 11.1. The smallest absolute Gasteiger partial charge is 0.308 e. The molecule has 1 heterocycles. The molecule has 0 N–H and O–H groups in total. The van der Waals surface area contributed by atoms with Crippen LogP contribution in [0.1, 0.15) is 55.4 Å². The van der Waals surface area contributed by atoms with Crippen LogP contribution in [0, 0.1) is 23.7 Å². The molecule has 0 aliphatic carbocycles. The largest absolute Gasteiger partial charge is 0.463 e. The number of hydrogen-bond donors (Lipinski definition) is 0. The van der Waals surface area contributed by atoms with Gasteiger partial charge in [-0.3, -0.25) is 19.2 Å². The van der Waals surface area contributed by atoms with Gasteiger partial charge < -0.3 is 23.7 Å². The fraction of sp³-hybridized carbons (Fsp3) is 0.818. The molecule has 0 amide bonds. The van der Waals surface area contributed by atoms with Crippen LogP contribution in [0.25, 0.3) is 0 Å². The van der Waals surface area contributed by atoms with Crippen molar-refractivity contribution in [2.75, 3.05) is 6.61 Å². The molecule has 0 radical (unpaired) electrons. The highest BCUT2D eigenvalue weighted by Crippen LogP contribution is 2.33. The van der Waals surface area contributed by atoms with E-state index in [1.54, 1.807) is 55.4 Å². The summed E-state index contributed by atoms with van der Waals surface area (Å²) in [5.41, 5.74) is 0. The molecular formula is C22H35BrO9. The Morgan fingerprint density at radius 2 is 1.03 bits per heavy atom. The van der Waals surface area contributed by atoms with E-state index in [2.05, 4.69) is 15.9 Å². The topological polar surface area (TPSA) is 114 Å². The zero-order chi connectivity index (χ0) is 24.7. The van der Waals surface area contributed by atoms with E-state index >= 15 is 0 Å². The van der Waals surface area contributed by atoms with Crippen molar-refractivity contribution in [3.63, 3.8) is 0 Å². The zero-order valence-electron chi connectivity index (χ0n) is 20.0. The van der Waals surface area contributed by atoms with E-state index in [9.17, 15) is 19.2 Å². The molecule has 1 aliphatic rings. The van der Waals surface area contributed by atoms with Crippen molar-refractivity contribution in [1.29, 1.82) is 0 Å². The molecule has 1 fully saturated rings. The van der Waals surface area contributed by atoms with Crippen LogP contribution in [0.5, 0.6) is 0 Å². The van der Waals surface area contributed by atoms with Crippen LogP contribution in [0.15, 0.2) is 0 Å². The van der Waals surface area contributed by atoms with E-state index in [0.29, 0.717) is 0 Å². The van der Waals surface area contributed by atoms with Gasteiger partial charge in [0.15, 0.2) is 23.3 Å². The lowest BCUT2D eigenvalue weighted by Gasteiger charge is -2.43. The third kappa shape index (κ3) is 8.03. The van der Waals surface area contributed by atoms with Gasteiger partial charge in [-0.2, -0.15) is 0 Å². The van der Waals surface area contributed by atoms with Crippen molar-refractivity contribution < 1.29 is 42.9 Å². The predicted octanol–water partition coefficient (Wildman–Crippen LogP) is 3.01. The van der Waals surface area contributed by atoms with Crippen molar-refractivity contribution >= 4 is 39.8 Å². The molecule has 5 atom stereocenters. The summed E-state index contributed by atoms with van der Waals surface area (Å²) in [6.45, 7) is 13.1. The van der Waals surface area contributed by atoms with Crippen LogP contribution in [0.4, 0.5) is 0 Å². The first-order valence-corrected chi connectivity index (χ1v) is 11.7. The van der Waals surface area contributed by atoms with Crippen molar-refractivity contribution in [3.05, 3.63) is 0 Å². The fourth-order valence-electron chi connectivity index (χ4n) is 2.54. The molecule has 1 aliphatic heterocycles. The van der Waals surface area contributed by atoms with Gasteiger partial charge in [0.05, 0.1) is 23.7 Å². The first-order valence-electron chi connectivity index (χ1n) is 10.8. The molecule has 0 saturated carbocycles. The first-order chi connectivity index (χ1) is 14.8. The molecule has 0 aromatic carbocycles. The van der Waals surface area contributed by atoms with Crippen LogP contribution < -0.4 is 0 Å². The minimum Gasteiger partial charge on any atom is -0.463 e. The molecule has 1 saturated heterocycles. The number of carbonyl (C=O) groups excluding carboxylic acids is 4. The summed E-state index contributed by atoms with van der Waals surface area (Å²) in [4.78, 5) is 49.2. The Bertz CT molecular complexity index is 674. The minimum absolute atomic E-state index is 0.240. The number of hydrogen-bond acceptors (Lipinski definition) is 9. The van der Waals surface area contributed by atoms with Crippen LogP contribution in [-0.2, 0) is 42.9 Å². The van der Waals surface area contributed by atoms with Crippen molar-refractivity contribution in [1.82, 2.24) is 0 Å². The van der Waals surface area contributed by atoms with Crippen molar-refractivity contribution in [2.45, 2.75) is 84.8 Å². The number of alkyl halides is 1. The SMILES string of the molecule is CC(C)C(=O)OCC1OC(Br)C(OC(=O)C(C)C)C(OC(=O)C(C)C)C1OC(=O)C(C)C. The van der Waals surface area contributed by atoms with E-state index in [4.69, 9.17) is 23.7 Å². The Morgan fingerprint density at radius 3 is 1.44 bits per heavy atom. The maximum absolute atomic E-state index is 12.5. The van der Waals surface area contributed by atoms with Gasteiger partial charge in [0, 0.05) is 0 Å². The Labute approximate surface area is 197 Å². The van der Waals surface area contributed by atoms with E-state index in [1.807, 2.05) is 0 Å². The highest BCUT2D eigenvalue weighted by atomic mass is 79.9. The van der Waals surface area contributed by atoms with Gasteiger partial charge in [-0.15, -0.1) is 0 Å². The molecule has 0 spiro atoms. The number of esters is 4. The number of rotatable bonds is 9. The normalized spacial score (nSPS) is 25.7. The van der Waals surface area contributed by atoms with Crippen LogP contribution >= 0.6 is 15.9 Å². The summed E-state index contributed by atoms with van der Waals surface area (Å²) in [7, 11) is 0. The molecule has 0 aromatic rings. The summed E-state index contributed by atoms with van der Waals surface area (Å²) in [5, 5.41) is -0.896. The number of halogens is 1. The average molecular weight is 523 g/mol. The number of ether oxygens (including phenoxy) is 5. The average Bonchev–Trinajstić information content (AvgIpc) is 2.69. The highest BCUT2D eigenvalue weighted by Gasteiger charge is 2.52. The molecule has 9 nitrogen and oxygen atoms in total. The molecule has 10 heteroatoms. The quantitative estimate of drug-likeness (QED) is 0.256. The number of carbonyl (C=O) groups is 4. The molecule has 32 heavy (non-hydrogen) atoms. The third-order valence-corrected chi connectivity index (χ3v) is 5.35. The summed E-state index contributed by atoms with van der Waals surface area (Å²) >= 11 is 3.33. The lowest BCUT2D eigenvalue weighted by molar-refractivity contribution is -0.241. The minimum atomic E-state index is -1.17. The highest BCUT2D eigenvalue weighted by molar-refractivity contribution is 9.09. The Balaban J connectivity index is 3.32. The maximum atomic E-state index is 12.5. The van der Waals surface area contributed by atoms with Gasteiger partial charge in [0.25, 0.3) is 0 Å². The standard InChI is InChI=1S/C22H35BrO9/c1-10(2)19(24)28-9-14-15(30-20(25)11(3)4)16(31-21(26)12(5)6)17(18(23)29-14)32-22(27)13(7)8/h10-18H,9H2,1-8H3. The molecular weight excluding hydrogens is 488 g/mol. The van der Waals surface area contributed by atoms with Crippen LogP contribution in [0.2, 0.25) is 0 Å². The van der Waals surface area contributed by atoms with E-state index in [-0.39, 0.29) is 12.5 Å². The van der Waals surface area contributed by atoms with Crippen molar-refractivity contribution in [2.24, 2.45) is 23.7 Å². The molecule has 0 aromatic heterocycles. The monoisotopic (exact) mass is 522 g/mol. The maximum Gasteiger partial charge on any atom is 0.308 e. The Morgan fingerprint density at radius 1 is 0.656 bits per heavy atom. The Hall–Kier alpha value is -1.68. The molecule has 0 bridgehead atoms. The summed E-state index contributed by atoms with van der Waals surface area (Å²) in [6.07, 6.45) is -4.37. The molecule has 1 rings (SSSR count). The van der Waals surface area contributed by atoms with Gasteiger partial charge in [0.2, 0.25) is 0 Å². The second-order valence-electron chi connectivity index (χ2n) is 8.98. The second-order valence-corrected chi connectivity index (χ2v) is 9.88. The van der Waals surface area contributed by atoms with E-state index < -0.39 is 71.1 Å². The molecule has 5 unspecified atom stereocenters.